The van der Waals surface area contributed by atoms with Crippen LogP contribution in [0.3, 0.4) is 0 Å². The standard InChI is InChI=1S/C14H21ClN2O3S/c1-11(9-12-5-7-13(15)8-6-12)17(3)14(18)10-16(2)21(4,19)20/h5-8,11H,9-10H2,1-4H3/t11-/m1/s1. The Bertz CT molecular complexity index is 587. The van der Waals surface area contributed by atoms with Gasteiger partial charge in [0.15, 0.2) is 0 Å². The summed E-state index contributed by atoms with van der Waals surface area (Å²) in [5.41, 5.74) is 1.07. The van der Waals surface area contributed by atoms with Crippen molar-refractivity contribution in [1.29, 1.82) is 0 Å². The summed E-state index contributed by atoms with van der Waals surface area (Å²) in [4.78, 5) is 13.7. The molecule has 7 heteroatoms. The molecule has 0 spiro atoms. The number of likely N-dealkylation sites (N-methyl/N-ethyl adjacent to an activating group) is 2. The summed E-state index contributed by atoms with van der Waals surface area (Å²) in [5, 5.41) is 0.672. The Labute approximate surface area is 131 Å². The first-order valence-corrected chi connectivity index (χ1v) is 8.75. The summed E-state index contributed by atoms with van der Waals surface area (Å²) in [6.45, 7) is 1.77. The highest BCUT2D eigenvalue weighted by molar-refractivity contribution is 7.88. The lowest BCUT2D eigenvalue weighted by molar-refractivity contribution is -0.131. The minimum atomic E-state index is -3.35. The van der Waals surface area contributed by atoms with Crippen molar-refractivity contribution in [2.45, 2.75) is 19.4 Å². The van der Waals surface area contributed by atoms with Gasteiger partial charge >= 0.3 is 0 Å². The van der Waals surface area contributed by atoms with Crippen molar-refractivity contribution in [3.05, 3.63) is 34.9 Å². The summed E-state index contributed by atoms with van der Waals surface area (Å²) >= 11 is 5.83. The van der Waals surface area contributed by atoms with E-state index in [0.29, 0.717) is 11.4 Å². The Balaban J connectivity index is 2.63. The minimum absolute atomic E-state index is 0.0355. The minimum Gasteiger partial charge on any atom is -0.342 e. The summed E-state index contributed by atoms with van der Waals surface area (Å²) in [7, 11) is -0.276. The van der Waals surface area contributed by atoms with Gasteiger partial charge in [-0.05, 0) is 31.0 Å². The topological polar surface area (TPSA) is 57.7 Å². The van der Waals surface area contributed by atoms with E-state index in [0.717, 1.165) is 16.1 Å². The van der Waals surface area contributed by atoms with Crippen molar-refractivity contribution >= 4 is 27.5 Å². The van der Waals surface area contributed by atoms with E-state index < -0.39 is 10.0 Å². The number of halogens is 1. The van der Waals surface area contributed by atoms with Crippen molar-refractivity contribution in [3.63, 3.8) is 0 Å². The van der Waals surface area contributed by atoms with Crippen LogP contribution < -0.4 is 0 Å². The largest absolute Gasteiger partial charge is 0.342 e. The van der Waals surface area contributed by atoms with Crippen LogP contribution in [0.2, 0.25) is 5.02 Å². The number of hydrogen-bond donors (Lipinski definition) is 0. The van der Waals surface area contributed by atoms with Gasteiger partial charge in [0.2, 0.25) is 15.9 Å². The average molecular weight is 333 g/mol. The first kappa shape index (κ1) is 17.9. The highest BCUT2D eigenvalue weighted by atomic mass is 35.5. The van der Waals surface area contributed by atoms with Gasteiger partial charge < -0.3 is 4.90 Å². The summed E-state index contributed by atoms with van der Waals surface area (Å²) in [6.07, 6.45) is 1.76. The van der Waals surface area contributed by atoms with Crippen LogP contribution in [0.25, 0.3) is 0 Å². The van der Waals surface area contributed by atoms with E-state index in [9.17, 15) is 13.2 Å². The maximum atomic E-state index is 12.1. The quantitative estimate of drug-likeness (QED) is 0.795. The molecular formula is C14H21ClN2O3S. The molecule has 118 valence electrons. The maximum Gasteiger partial charge on any atom is 0.237 e. The van der Waals surface area contributed by atoms with Crippen molar-refractivity contribution in [3.8, 4) is 0 Å². The fourth-order valence-electron chi connectivity index (χ4n) is 1.76. The fourth-order valence-corrected chi connectivity index (χ4v) is 2.23. The summed E-state index contributed by atoms with van der Waals surface area (Å²) in [6, 6.07) is 7.41. The van der Waals surface area contributed by atoms with Crippen LogP contribution in [0.5, 0.6) is 0 Å². The van der Waals surface area contributed by atoms with Gasteiger partial charge in [0.05, 0.1) is 12.8 Å². The molecule has 1 amide bonds. The Hall–Kier alpha value is -1.11. The van der Waals surface area contributed by atoms with E-state index in [1.165, 1.54) is 7.05 Å². The number of rotatable bonds is 6. The first-order valence-electron chi connectivity index (χ1n) is 6.52. The smallest absolute Gasteiger partial charge is 0.237 e. The van der Waals surface area contributed by atoms with Crippen LogP contribution in [0.1, 0.15) is 12.5 Å². The van der Waals surface area contributed by atoms with Crippen molar-refractivity contribution < 1.29 is 13.2 Å². The number of sulfonamides is 1. The third kappa shape index (κ3) is 5.65. The van der Waals surface area contributed by atoms with Gasteiger partial charge in [-0.25, -0.2) is 8.42 Å². The second-order valence-electron chi connectivity index (χ2n) is 5.20. The van der Waals surface area contributed by atoms with Crippen LogP contribution in [0, 0.1) is 0 Å². The van der Waals surface area contributed by atoms with E-state index in [2.05, 4.69) is 0 Å². The Morgan fingerprint density at radius 1 is 1.24 bits per heavy atom. The predicted octanol–water partition coefficient (Wildman–Crippen LogP) is 1.62. The highest BCUT2D eigenvalue weighted by Gasteiger charge is 2.21. The molecule has 0 aliphatic carbocycles. The molecule has 0 heterocycles. The van der Waals surface area contributed by atoms with Gasteiger partial charge in [0.25, 0.3) is 0 Å². The van der Waals surface area contributed by atoms with E-state index in [1.807, 2.05) is 31.2 Å². The van der Waals surface area contributed by atoms with E-state index in [1.54, 1.807) is 11.9 Å². The molecule has 0 aliphatic rings. The third-order valence-corrected chi connectivity index (χ3v) is 4.94. The Morgan fingerprint density at radius 3 is 2.24 bits per heavy atom. The molecule has 0 bridgehead atoms. The molecule has 5 nitrogen and oxygen atoms in total. The lowest BCUT2D eigenvalue weighted by atomic mass is 10.1. The van der Waals surface area contributed by atoms with Gasteiger partial charge in [-0.1, -0.05) is 23.7 Å². The lowest BCUT2D eigenvalue weighted by Crippen LogP contribution is -2.43. The van der Waals surface area contributed by atoms with E-state index in [4.69, 9.17) is 11.6 Å². The number of nitrogens with zero attached hydrogens (tertiary/aromatic N) is 2. The zero-order valence-corrected chi connectivity index (χ0v) is 14.3. The fraction of sp³-hybridized carbons (Fsp3) is 0.500. The first-order chi connectivity index (χ1) is 9.61. The molecule has 0 saturated carbocycles. The molecule has 0 aromatic heterocycles. The van der Waals surface area contributed by atoms with Crippen LogP contribution in [0.4, 0.5) is 0 Å². The Kier molecular flexibility index (Phi) is 6.19. The maximum absolute atomic E-state index is 12.1. The molecule has 0 N–H and O–H groups in total. The monoisotopic (exact) mass is 332 g/mol. The average Bonchev–Trinajstić information content (AvgIpc) is 2.39. The second kappa shape index (κ2) is 7.24. The van der Waals surface area contributed by atoms with Gasteiger partial charge in [0.1, 0.15) is 0 Å². The summed E-state index contributed by atoms with van der Waals surface area (Å²) < 4.78 is 23.7. The van der Waals surface area contributed by atoms with E-state index >= 15 is 0 Å². The normalized spacial score (nSPS) is 13.2. The zero-order chi connectivity index (χ0) is 16.2. The third-order valence-electron chi connectivity index (χ3n) is 3.42. The molecule has 0 fully saturated rings. The molecule has 0 unspecified atom stereocenters. The van der Waals surface area contributed by atoms with Crippen LogP contribution >= 0.6 is 11.6 Å². The van der Waals surface area contributed by atoms with Gasteiger partial charge in [-0.3, -0.25) is 4.79 Å². The van der Waals surface area contributed by atoms with Gasteiger partial charge in [0, 0.05) is 25.2 Å². The molecule has 1 rings (SSSR count). The lowest BCUT2D eigenvalue weighted by Gasteiger charge is -2.27. The van der Waals surface area contributed by atoms with E-state index in [-0.39, 0.29) is 18.5 Å². The van der Waals surface area contributed by atoms with Crippen LogP contribution in [0.15, 0.2) is 24.3 Å². The zero-order valence-electron chi connectivity index (χ0n) is 12.7. The predicted molar refractivity (Wildman–Crippen MR) is 84.9 cm³/mol. The van der Waals surface area contributed by atoms with Crippen molar-refractivity contribution in [1.82, 2.24) is 9.21 Å². The number of amides is 1. The molecule has 1 aromatic carbocycles. The molecular weight excluding hydrogens is 312 g/mol. The SMILES string of the molecule is C[C@H](Cc1ccc(Cl)cc1)N(C)C(=O)CN(C)S(C)(=O)=O. The molecule has 0 aliphatic heterocycles. The highest BCUT2D eigenvalue weighted by Crippen LogP contribution is 2.13. The molecule has 21 heavy (non-hydrogen) atoms. The Morgan fingerprint density at radius 2 is 1.76 bits per heavy atom. The molecule has 0 saturated heterocycles. The molecule has 1 aromatic rings. The summed E-state index contributed by atoms with van der Waals surface area (Å²) in [5.74, 6) is -0.232. The van der Waals surface area contributed by atoms with Crippen LogP contribution in [-0.2, 0) is 21.2 Å². The number of hydrogen-bond acceptors (Lipinski definition) is 3. The molecule has 1 atom stereocenters. The van der Waals surface area contributed by atoms with Crippen molar-refractivity contribution in [2.24, 2.45) is 0 Å². The second-order valence-corrected chi connectivity index (χ2v) is 7.73. The van der Waals surface area contributed by atoms with Crippen LogP contribution in [-0.4, -0.2) is 56.5 Å². The van der Waals surface area contributed by atoms with Gasteiger partial charge in [-0.15, -0.1) is 0 Å². The van der Waals surface area contributed by atoms with Gasteiger partial charge in [-0.2, -0.15) is 4.31 Å². The number of carbonyl (C=O) groups excluding carboxylic acids is 1. The molecule has 0 radical (unpaired) electrons. The number of benzene rings is 1. The number of carbonyl (C=O) groups is 1. The van der Waals surface area contributed by atoms with Crippen molar-refractivity contribution in [2.75, 3.05) is 26.9 Å².